The highest BCUT2D eigenvalue weighted by atomic mass is 19.1. The van der Waals surface area contributed by atoms with Crippen LogP contribution in [-0.4, -0.2) is 30.5 Å². The van der Waals surface area contributed by atoms with E-state index in [1.165, 1.54) is 12.3 Å². The van der Waals surface area contributed by atoms with Gasteiger partial charge in [-0.15, -0.1) is 0 Å². The van der Waals surface area contributed by atoms with Crippen molar-refractivity contribution in [1.82, 2.24) is 15.6 Å². The molecule has 23 heavy (non-hydrogen) atoms. The molecule has 1 fully saturated rings. The second kappa shape index (κ2) is 7.37. The highest BCUT2D eigenvalue weighted by Crippen LogP contribution is 2.22. The number of amides is 1. The molecule has 0 aliphatic carbocycles. The first-order valence-corrected chi connectivity index (χ1v) is 7.92. The fourth-order valence-electron chi connectivity index (χ4n) is 2.74. The van der Waals surface area contributed by atoms with Crippen molar-refractivity contribution in [2.75, 3.05) is 19.6 Å². The monoisotopic (exact) mass is 317 g/mol. The van der Waals surface area contributed by atoms with Gasteiger partial charge >= 0.3 is 0 Å². The van der Waals surface area contributed by atoms with Gasteiger partial charge in [-0.25, -0.2) is 9.37 Å². The van der Waals surface area contributed by atoms with Crippen molar-refractivity contribution in [3.8, 4) is 0 Å². The topological polar surface area (TPSA) is 67.2 Å². The molecule has 1 amide bonds. The highest BCUT2D eigenvalue weighted by Gasteiger charge is 2.21. The van der Waals surface area contributed by atoms with Gasteiger partial charge in [-0.05, 0) is 37.4 Å². The van der Waals surface area contributed by atoms with Crippen molar-refractivity contribution in [3.63, 3.8) is 0 Å². The van der Waals surface area contributed by atoms with E-state index in [4.69, 9.17) is 4.42 Å². The van der Waals surface area contributed by atoms with Crippen LogP contribution in [0.5, 0.6) is 0 Å². The molecule has 1 atom stereocenters. The van der Waals surface area contributed by atoms with E-state index < -0.39 is 0 Å². The number of carbonyl (C=O) groups excluding carboxylic acids is 1. The predicted molar refractivity (Wildman–Crippen MR) is 83.8 cm³/mol. The Morgan fingerprint density at radius 1 is 1.43 bits per heavy atom. The molecule has 2 heterocycles. The number of hydrogen-bond donors (Lipinski definition) is 2. The van der Waals surface area contributed by atoms with Crippen molar-refractivity contribution in [1.29, 1.82) is 0 Å². The molecule has 3 rings (SSSR count). The molecule has 1 saturated heterocycles. The average molecular weight is 317 g/mol. The Morgan fingerprint density at radius 3 is 3.09 bits per heavy atom. The number of piperidine rings is 1. The zero-order chi connectivity index (χ0) is 16.1. The molecule has 0 bridgehead atoms. The first-order valence-electron chi connectivity index (χ1n) is 7.92. The van der Waals surface area contributed by atoms with E-state index in [1.54, 1.807) is 18.2 Å². The summed E-state index contributed by atoms with van der Waals surface area (Å²) in [6.45, 7) is 2.20. The van der Waals surface area contributed by atoms with E-state index in [0.717, 1.165) is 25.9 Å². The Hall–Kier alpha value is -2.21. The molecule has 2 N–H and O–H groups in total. The number of aromatic nitrogens is 1. The van der Waals surface area contributed by atoms with Crippen LogP contribution in [0.1, 0.15) is 40.7 Å². The minimum absolute atomic E-state index is 0.226. The van der Waals surface area contributed by atoms with Gasteiger partial charge in [0.25, 0.3) is 5.91 Å². The van der Waals surface area contributed by atoms with Crippen LogP contribution in [0.2, 0.25) is 0 Å². The van der Waals surface area contributed by atoms with Gasteiger partial charge in [-0.2, -0.15) is 0 Å². The van der Waals surface area contributed by atoms with Crippen molar-refractivity contribution >= 4 is 5.91 Å². The number of hydrogen-bond acceptors (Lipinski definition) is 4. The molecule has 1 unspecified atom stereocenters. The third-order valence-corrected chi connectivity index (χ3v) is 4.04. The van der Waals surface area contributed by atoms with E-state index in [1.807, 2.05) is 0 Å². The van der Waals surface area contributed by atoms with Crippen LogP contribution < -0.4 is 10.6 Å². The quantitative estimate of drug-likeness (QED) is 0.887. The summed E-state index contributed by atoms with van der Waals surface area (Å²) in [5.74, 6) is 0.288. The molecule has 5 nitrogen and oxygen atoms in total. The van der Waals surface area contributed by atoms with Crippen molar-refractivity contribution < 1.29 is 13.6 Å². The minimum Gasteiger partial charge on any atom is -0.448 e. The lowest BCUT2D eigenvalue weighted by atomic mass is 10.00. The summed E-state index contributed by atoms with van der Waals surface area (Å²) in [5.41, 5.74) is 0.862. The first kappa shape index (κ1) is 15.7. The second-order valence-electron chi connectivity index (χ2n) is 5.71. The fourth-order valence-corrected chi connectivity index (χ4v) is 2.74. The Bertz CT molecular complexity index is 665. The minimum atomic E-state index is -0.292. The van der Waals surface area contributed by atoms with Gasteiger partial charge in [0, 0.05) is 19.0 Å². The molecule has 1 aromatic heterocycles. The van der Waals surface area contributed by atoms with E-state index in [9.17, 15) is 9.18 Å². The van der Waals surface area contributed by atoms with Gasteiger partial charge in [0.05, 0.1) is 0 Å². The Kier molecular flexibility index (Phi) is 5.02. The normalized spacial score (nSPS) is 17.9. The standard InChI is InChI=1S/C17H20FN3O2/c18-14-6-2-1-4-12(14)7-9-20-16(22)15-11-23-17(21-15)13-5-3-8-19-10-13/h1-2,4,6,11,13,19H,3,5,7-10H2,(H,20,22). The largest absolute Gasteiger partial charge is 0.448 e. The molecule has 122 valence electrons. The van der Waals surface area contributed by atoms with E-state index in [0.29, 0.717) is 24.4 Å². The third-order valence-electron chi connectivity index (χ3n) is 4.04. The predicted octanol–water partition coefficient (Wildman–Crippen LogP) is 2.25. The van der Waals surface area contributed by atoms with Gasteiger partial charge in [-0.3, -0.25) is 4.79 Å². The molecule has 0 spiro atoms. The van der Waals surface area contributed by atoms with Crippen LogP contribution in [-0.2, 0) is 6.42 Å². The van der Waals surface area contributed by atoms with E-state index in [-0.39, 0.29) is 23.3 Å². The first-order chi connectivity index (χ1) is 11.2. The molecule has 0 saturated carbocycles. The molecule has 6 heteroatoms. The molecule has 1 aromatic carbocycles. The Morgan fingerprint density at radius 2 is 2.30 bits per heavy atom. The number of carbonyl (C=O) groups is 1. The van der Waals surface area contributed by atoms with Crippen molar-refractivity contribution in [3.05, 3.63) is 53.5 Å². The Balaban J connectivity index is 1.52. The lowest BCUT2D eigenvalue weighted by Crippen LogP contribution is -2.29. The van der Waals surface area contributed by atoms with Crippen LogP contribution in [0, 0.1) is 5.82 Å². The summed E-state index contributed by atoms with van der Waals surface area (Å²) in [7, 11) is 0. The Labute approximate surface area is 134 Å². The highest BCUT2D eigenvalue weighted by molar-refractivity contribution is 5.91. The summed E-state index contributed by atoms with van der Waals surface area (Å²) < 4.78 is 18.9. The number of rotatable bonds is 5. The van der Waals surface area contributed by atoms with Crippen LogP contribution in [0.3, 0.4) is 0 Å². The third kappa shape index (κ3) is 3.96. The smallest absolute Gasteiger partial charge is 0.273 e. The number of benzene rings is 1. The lowest BCUT2D eigenvalue weighted by molar-refractivity contribution is 0.0949. The summed E-state index contributed by atoms with van der Waals surface area (Å²) >= 11 is 0. The van der Waals surface area contributed by atoms with Gasteiger partial charge in [0.2, 0.25) is 0 Å². The van der Waals surface area contributed by atoms with E-state index in [2.05, 4.69) is 15.6 Å². The van der Waals surface area contributed by atoms with Crippen LogP contribution in [0.25, 0.3) is 0 Å². The molecular weight excluding hydrogens is 297 g/mol. The summed E-state index contributed by atoms with van der Waals surface area (Å²) in [4.78, 5) is 16.4. The van der Waals surface area contributed by atoms with E-state index >= 15 is 0 Å². The maximum absolute atomic E-state index is 13.5. The maximum atomic E-state index is 13.5. The fraction of sp³-hybridized carbons (Fsp3) is 0.412. The van der Waals surface area contributed by atoms with Gasteiger partial charge in [0.1, 0.15) is 12.1 Å². The molecule has 1 aliphatic heterocycles. The van der Waals surface area contributed by atoms with Crippen LogP contribution in [0.4, 0.5) is 4.39 Å². The van der Waals surface area contributed by atoms with Crippen LogP contribution >= 0.6 is 0 Å². The zero-order valence-electron chi connectivity index (χ0n) is 12.8. The summed E-state index contributed by atoms with van der Waals surface area (Å²) in [6.07, 6.45) is 3.93. The lowest BCUT2D eigenvalue weighted by Gasteiger charge is -2.19. The maximum Gasteiger partial charge on any atom is 0.273 e. The number of oxazole rings is 1. The van der Waals surface area contributed by atoms with Crippen molar-refractivity contribution in [2.24, 2.45) is 0 Å². The molecule has 2 aromatic rings. The average Bonchev–Trinajstić information content (AvgIpc) is 3.07. The number of halogens is 1. The number of nitrogens with zero attached hydrogens (tertiary/aromatic N) is 1. The molecular formula is C17H20FN3O2. The summed E-state index contributed by atoms with van der Waals surface area (Å²) in [6, 6.07) is 6.56. The van der Waals surface area contributed by atoms with Crippen molar-refractivity contribution in [2.45, 2.75) is 25.2 Å². The van der Waals surface area contributed by atoms with Gasteiger partial charge in [-0.1, -0.05) is 18.2 Å². The second-order valence-corrected chi connectivity index (χ2v) is 5.71. The van der Waals surface area contributed by atoms with Crippen LogP contribution in [0.15, 0.2) is 34.9 Å². The number of nitrogens with one attached hydrogen (secondary N) is 2. The summed E-state index contributed by atoms with van der Waals surface area (Å²) in [5, 5.41) is 6.04. The molecule has 1 aliphatic rings. The van der Waals surface area contributed by atoms with Gasteiger partial charge < -0.3 is 15.1 Å². The SMILES string of the molecule is O=C(NCCc1ccccc1F)c1coc(C2CCCNC2)n1. The zero-order valence-corrected chi connectivity index (χ0v) is 12.8. The molecule has 0 radical (unpaired) electrons. The van der Waals surface area contributed by atoms with Gasteiger partial charge in [0.15, 0.2) is 11.6 Å².